The molecule has 4 heteroatoms. The molecule has 0 spiro atoms. The maximum absolute atomic E-state index is 11.0. The summed E-state index contributed by atoms with van der Waals surface area (Å²) in [6.45, 7) is 12.2. The van der Waals surface area contributed by atoms with E-state index in [9.17, 15) is 4.79 Å². The van der Waals surface area contributed by atoms with Gasteiger partial charge in [-0.3, -0.25) is 0 Å². The Balaban J connectivity index is 2.31. The van der Waals surface area contributed by atoms with Crippen molar-refractivity contribution in [3.05, 3.63) is 0 Å². The third-order valence-corrected chi connectivity index (χ3v) is 4.16. The molecule has 1 N–H and O–H groups in total. The molecule has 1 aliphatic rings. The lowest BCUT2D eigenvalue weighted by atomic mass is 9.75. The Morgan fingerprint density at radius 2 is 1.95 bits per heavy atom. The average Bonchev–Trinajstić information content (AvgIpc) is 2.33. The topological polar surface area (TPSA) is 49.8 Å². The van der Waals surface area contributed by atoms with E-state index in [4.69, 9.17) is 9.84 Å². The van der Waals surface area contributed by atoms with Crippen molar-refractivity contribution < 1.29 is 14.6 Å². The van der Waals surface area contributed by atoms with E-state index in [1.807, 2.05) is 6.92 Å². The fraction of sp³-hybridized carbons (Fsp3) is 0.933. The van der Waals surface area contributed by atoms with Gasteiger partial charge in [-0.25, -0.2) is 4.79 Å². The summed E-state index contributed by atoms with van der Waals surface area (Å²) in [7, 11) is 0. The molecule has 1 heterocycles. The molecule has 1 rings (SSSR count). The van der Waals surface area contributed by atoms with E-state index in [1.165, 1.54) is 12.8 Å². The number of likely N-dealkylation sites (tertiary alicyclic amines) is 1. The van der Waals surface area contributed by atoms with Crippen LogP contribution in [0.2, 0.25) is 0 Å². The maximum Gasteiger partial charge on any atom is 0.332 e. The van der Waals surface area contributed by atoms with Crippen molar-refractivity contribution in [2.45, 2.75) is 53.1 Å². The van der Waals surface area contributed by atoms with Gasteiger partial charge in [-0.1, -0.05) is 20.8 Å². The average molecular weight is 271 g/mol. The minimum atomic E-state index is -0.841. The first-order valence-corrected chi connectivity index (χ1v) is 7.41. The van der Waals surface area contributed by atoms with Gasteiger partial charge in [0.25, 0.3) is 0 Å². The highest BCUT2D eigenvalue weighted by Gasteiger charge is 2.29. The quantitative estimate of drug-likeness (QED) is 0.807. The molecule has 1 aliphatic heterocycles. The van der Waals surface area contributed by atoms with Crippen LogP contribution in [-0.2, 0) is 9.53 Å². The highest BCUT2D eigenvalue weighted by atomic mass is 16.5. The second-order valence-electron chi connectivity index (χ2n) is 6.55. The Bertz CT molecular complexity index is 278. The summed E-state index contributed by atoms with van der Waals surface area (Å²) in [5.41, 5.74) is 0.390. The molecule has 1 atom stereocenters. The highest BCUT2D eigenvalue weighted by Crippen LogP contribution is 2.34. The van der Waals surface area contributed by atoms with Crippen molar-refractivity contribution in [1.29, 1.82) is 0 Å². The molecule has 0 aromatic rings. The molecular formula is C15H29NO3. The van der Waals surface area contributed by atoms with Gasteiger partial charge < -0.3 is 14.7 Å². The summed E-state index contributed by atoms with van der Waals surface area (Å²) in [6.07, 6.45) is 2.38. The molecule has 1 saturated heterocycles. The normalized spacial score (nSPS) is 20.4. The van der Waals surface area contributed by atoms with Gasteiger partial charge >= 0.3 is 5.97 Å². The van der Waals surface area contributed by atoms with E-state index in [1.54, 1.807) is 0 Å². The van der Waals surface area contributed by atoms with Crippen molar-refractivity contribution in [3.63, 3.8) is 0 Å². The number of carboxylic acids is 1. The van der Waals surface area contributed by atoms with Crippen LogP contribution >= 0.6 is 0 Å². The second kappa shape index (κ2) is 7.25. The second-order valence-corrected chi connectivity index (χ2v) is 6.55. The fourth-order valence-corrected chi connectivity index (χ4v) is 2.80. The van der Waals surface area contributed by atoms with Crippen molar-refractivity contribution in [2.24, 2.45) is 11.3 Å². The van der Waals surface area contributed by atoms with Gasteiger partial charge in [0.2, 0.25) is 0 Å². The van der Waals surface area contributed by atoms with Gasteiger partial charge in [0, 0.05) is 13.2 Å². The number of carboxylic acid groups (broad SMARTS) is 1. The molecule has 1 unspecified atom stereocenters. The zero-order chi connectivity index (χ0) is 14.5. The van der Waals surface area contributed by atoms with Crippen LogP contribution in [0.5, 0.6) is 0 Å². The van der Waals surface area contributed by atoms with E-state index >= 15 is 0 Å². The first-order chi connectivity index (χ1) is 8.84. The van der Waals surface area contributed by atoms with Gasteiger partial charge in [-0.05, 0) is 50.6 Å². The summed E-state index contributed by atoms with van der Waals surface area (Å²) >= 11 is 0. The number of ether oxygens (including phenoxy) is 1. The third-order valence-electron chi connectivity index (χ3n) is 4.16. The molecule has 1 fully saturated rings. The van der Waals surface area contributed by atoms with Gasteiger partial charge in [-0.2, -0.15) is 0 Å². The monoisotopic (exact) mass is 271 g/mol. The Kier molecular flexibility index (Phi) is 6.27. The number of aliphatic carboxylic acids is 1. The van der Waals surface area contributed by atoms with E-state index < -0.39 is 12.1 Å². The van der Waals surface area contributed by atoms with Crippen LogP contribution in [0.1, 0.15) is 47.0 Å². The van der Waals surface area contributed by atoms with Crippen LogP contribution < -0.4 is 0 Å². The molecule has 0 bridgehead atoms. The van der Waals surface area contributed by atoms with Crippen LogP contribution in [-0.4, -0.2) is 48.3 Å². The maximum atomic E-state index is 11.0. The summed E-state index contributed by atoms with van der Waals surface area (Å²) in [4.78, 5) is 13.4. The fourth-order valence-electron chi connectivity index (χ4n) is 2.80. The van der Waals surface area contributed by atoms with E-state index in [2.05, 4.69) is 25.7 Å². The molecular weight excluding hydrogens is 242 g/mol. The molecule has 0 aromatic carbocycles. The first-order valence-electron chi connectivity index (χ1n) is 7.41. The van der Waals surface area contributed by atoms with E-state index in [0.717, 1.165) is 25.6 Å². The number of piperidine rings is 1. The van der Waals surface area contributed by atoms with Gasteiger partial charge in [0.1, 0.15) is 0 Å². The van der Waals surface area contributed by atoms with E-state index in [0.29, 0.717) is 18.4 Å². The lowest BCUT2D eigenvalue weighted by molar-refractivity contribution is -0.150. The Hall–Kier alpha value is -0.610. The highest BCUT2D eigenvalue weighted by molar-refractivity contribution is 5.72. The molecule has 0 radical (unpaired) electrons. The predicted molar refractivity (Wildman–Crippen MR) is 76.3 cm³/mol. The first kappa shape index (κ1) is 16.4. The van der Waals surface area contributed by atoms with Crippen molar-refractivity contribution in [1.82, 2.24) is 4.90 Å². The number of rotatable bonds is 6. The standard InChI is InChI=1S/C15H29NO3/c1-5-19-13(14(17)18)8-11-16-9-6-12(7-10-16)15(2,3)4/h12-13H,5-11H2,1-4H3,(H,17,18). The molecule has 0 aliphatic carbocycles. The third kappa shape index (κ3) is 5.49. The largest absolute Gasteiger partial charge is 0.479 e. The van der Waals surface area contributed by atoms with Crippen LogP contribution in [0.4, 0.5) is 0 Å². The zero-order valence-corrected chi connectivity index (χ0v) is 12.8. The van der Waals surface area contributed by atoms with Crippen molar-refractivity contribution >= 4 is 5.97 Å². The van der Waals surface area contributed by atoms with E-state index in [-0.39, 0.29) is 0 Å². The summed E-state index contributed by atoms with van der Waals surface area (Å²) in [5, 5.41) is 9.04. The van der Waals surface area contributed by atoms with Crippen LogP contribution in [0.15, 0.2) is 0 Å². The van der Waals surface area contributed by atoms with Crippen LogP contribution in [0, 0.1) is 11.3 Å². The lowest BCUT2D eigenvalue weighted by Crippen LogP contribution is -2.40. The minimum Gasteiger partial charge on any atom is -0.479 e. The Morgan fingerprint density at radius 3 is 2.37 bits per heavy atom. The zero-order valence-electron chi connectivity index (χ0n) is 12.8. The molecule has 0 saturated carbocycles. The van der Waals surface area contributed by atoms with Gasteiger partial charge in [0.05, 0.1) is 0 Å². The predicted octanol–water partition coefficient (Wildman–Crippen LogP) is 2.62. The van der Waals surface area contributed by atoms with Crippen LogP contribution in [0.3, 0.4) is 0 Å². The summed E-state index contributed by atoms with van der Waals surface area (Å²) in [5.74, 6) is -0.0580. The summed E-state index contributed by atoms with van der Waals surface area (Å²) < 4.78 is 5.24. The SMILES string of the molecule is CCOC(CCN1CCC(C(C)(C)C)CC1)C(=O)O. The molecule has 0 amide bonds. The Labute approximate surface area is 117 Å². The number of carbonyl (C=O) groups is 1. The van der Waals surface area contributed by atoms with Crippen molar-refractivity contribution in [3.8, 4) is 0 Å². The minimum absolute atomic E-state index is 0.390. The smallest absolute Gasteiger partial charge is 0.332 e. The molecule has 4 nitrogen and oxygen atoms in total. The lowest BCUT2D eigenvalue weighted by Gasteiger charge is -2.39. The number of hydrogen-bond donors (Lipinski definition) is 1. The number of nitrogens with zero attached hydrogens (tertiary/aromatic N) is 1. The number of hydrogen-bond acceptors (Lipinski definition) is 3. The van der Waals surface area contributed by atoms with Gasteiger partial charge in [-0.15, -0.1) is 0 Å². The molecule has 19 heavy (non-hydrogen) atoms. The van der Waals surface area contributed by atoms with Crippen LogP contribution in [0.25, 0.3) is 0 Å². The molecule has 112 valence electrons. The molecule has 0 aromatic heterocycles. The van der Waals surface area contributed by atoms with Crippen molar-refractivity contribution in [2.75, 3.05) is 26.2 Å². The summed E-state index contributed by atoms with van der Waals surface area (Å²) in [6, 6.07) is 0. The Morgan fingerprint density at radius 1 is 1.37 bits per heavy atom. The van der Waals surface area contributed by atoms with Gasteiger partial charge in [0.15, 0.2) is 6.10 Å².